The molecular formula is C20H32O3S. The number of unbranched alkanes of at least 4 members (excludes halogenated alkanes) is 4. The van der Waals surface area contributed by atoms with Crippen LogP contribution in [0.4, 0.5) is 0 Å². The van der Waals surface area contributed by atoms with Gasteiger partial charge in [0.2, 0.25) is 0 Å². The molecule has 1 aromatic rings. The highest BCUT2D eigenvalue weighted by Crippen LogP contribution is 2.43. The molecule has 0 aromatic carbocycles. The minimum absolute atomic E-state index is 0.0135. The molecule has 1 N–H and O–H groups in total. The predicted octanol–water partition coefficient (Wildman–Crippen LogP) is 5.42. The van der Waals surface area contributed by atoms with Gasteiger partial charge in [-0.3, -0.25) is 0 Å². The Bertz CT molecular complexity index is 479. The van der Waals surface area contributed by atoms with E-state index in [0.717, 1.165) is 43.4 Å². The van der Waals surface area contributed by atoms with Gasteiger partial charge in [-0.25, -0.2) is 4.79 Å². The van der Waals surface area contributed by atoms with E-state index in [1.54, 1.807) is 0 Å². The highest BCUT2D eigenvalue weighted by molar-refractivity contribution is 7.10. The summed E-state index contributed by atoms with van der Waals surface area (Å²) in [5.74, 6) is -0.460. The summed E-state index contributed by atoms with van der Waals surface area (Å²) in [7, 11) is 0. The Morgan fingerprint density at radius 2 is 2.04 bits per heavy atom. The Morgan fingerprint density at radius 1 is 1.33 bits per heavy atom. The Hall–Kier alpha value is -0.870. The molecule has 0 aliphatic heterocycles. The van der Waals surface area contributed by atoms with Crippen LogP contribution < -0.4 is 0 Å². The predicted molar refractivity (Wildman–Crippen MR) is 99.1 cm³/mol. The number of esters is 1. The lowest BCUT2D eigenvalue weighted by molar-refractivity contribution is -0.178. The van der Waals surface area contributed by atoms with Crippen molar-refractivity contribution in [3.63, 3.8) is 0 Å². The molecule has 0 radical (unpaired) electrons. The van der Waals surface area contributed by atoms with Gasteiger partial charge in [0.05, 0.1) is 6.10 Å². The van der Waals surface area contributed by atoms with Crippen LogP contribution in [0.2, 0.25) is 0 Å². The van der Waals surface area contributed by atoms with Gasteiger partial charge >= 0.3 is 5.97 Å². The van der Waals surface area contributed by atoms with Gasteiger partial charge in [-0.15, -0.1) is 11.3 Å². The van der Waals surface area contributed by atoms with Crippen molar-refractivity contribution in [2.45, 2.75) is 89.8 Å². The number of aliphatic hydroxyl groups is 1. The van der Waals surface area contributed by atoms with Gasteiger partial charge in [0, 0.05) is 10.8 Å². The Morgan fingerprint density at radius 3 is 2.67 bits per heavy atom. The van der Waals surface area contributed by atoms with Crippen LogP contribution in [0.25, 0.3) is 0 Å². The van der Waals surface area contributed by atoms with E-state index in [9.17, 15) is 9.90 Å². The molecule has 0 spiro atoms. The zero-order valence-corrected chi connectivity index (χ0v) is 15.9. The molecule has 3 nitrogen and oxygen atoms in total. The second-order valence-electron chi connectivity index (χ2n) is 7.14. The number of ether oxygens (including phenoxy) is 1. The number of thiophene rings is 1. The molecule has 2 atom stereocenters. The van der Waals surface area contributed by atoms with Crippen molar-refractivity contribution in [1.82, 2.24) is 0 Å². The number of carbonyl (C=O) groups is 1. The van der Waals surface area contributed by atoms with Gasteiger partial charge < -0.3 is 9.84 Å². The Kier molecular flexibility index (Phi) is 7.76. The summed E-state index contributed by atoms with van der Waals surface area (Å²) in [6, 6.07) is 3.75. The van der Waals surface area contributed by atoms with E-state index in [4.69, 9.17) is 4.74 Å². The number of hydrogen-bond donors (Lipinski definition) is 1. The first-order valence-electron chi connectivity index (χ1n) is 9.56. The zero-order chi connectivity index (χ0) is 17.4. The first-order chi connectivity index (χ1) is 11.6. The maximum Gasteiger partial charge on any atom is 0.344 e. The SMILES string of the molecule is CCCCCCCC(C)OC(=O)C(O)(c1cccs1)C1CCCC1. The molecule has 1 aliphatic carbocycles. The van der Waals surface area contributed by atoms with Crippen LogP contribution in [-0.2, 0) is 15.1 Å². The highest BCUT2D eigenvalue weighted by Gasteiger charge is 2.49. The summed E-state index contributed by atoms with van der Waals surface area (Å²) in [4.78, 5) is 13.6. The van der Waals surface area contributed by atoms with E-state index < -0.39 is 11.6 Å². The number of rotatable bonds is 10. The Labute approximate surface area is 150 Å². The molecule has 1 fully saturated rings. The molecule has 1 aliphatic rings. The van der Waals surface area contributed by atoms with Crippen molar-refractivity contribution >= 4 is 17.3 Å². The molecule has 0 amide bonds. The summed E-state index contributed by atoms with van der Waals surface area (Å²) >= 11 is 1.45. The molecule has 2 unspecified atom stereocenters. The second-order valence-corrected chi connectivity index (χ2v) is 8.09. The zero-order valence-electron chi connectivity index (χ0n) is 15.1. The summed E-state index contributed by atoms with van der Waals surface area (Å²) < 4.78 is 5.68. The fourth-order valence-corrected chi connectivity index (χ4v) is 4.56. The summed E-state index contributed by atoms with van der Waals surface area (Å²) in [5.41, 5.74) is -1.46. The molecule has 4 heteroatoms. The van der Waals surface area contributed by atoms with Crippen LogP contribution in [0.1, 0.15) is 82.9 Å². The van der Waals surface area contributed by atoms with E-state index in [0.29, 0.717) is 0 Å². The smallest absolute Gasteiger partial charge is 0.344 e. The summed E-state index contributed by atoms with van der Waals surface area (Å²) in [6.07, 6.45) is 10.7. The molecule has 1 aromatic heterocycles. The van der Waals surface area contributed by atoms with Gasteiger partial charge in [0.25, 0.3) is 0 Å². The molecule has 24 heavy (non-hydrogen) atoms. The highest BCUT2D eigenvalue weighted by atomic mass is 32.1. The van der Waals surface area contributed by atoms with E-state index in [2.05, 4.69) is 6.92 Å². The third-order valence-corrected chi connectivity index (χ3v) is 6.17. The Balaban J connectivity index is 1.93. The lowest BCUT2D eigenvalue weighted by Gasteiger charge is -2.32. The van der Waals surface area contributed by atoms with E-state index in [1.807, 2.05) is 24.4 Å². The average molecular weight is 353 g/mol. The first-order valence-corrected chi connectivity index (χ1v) is 10.4. The van der Waals surface area contributed by atoms with Crippen LogP contribution in [-0.4, -0.2) is 17.2 Å². The third kappa shape index (κ3) is 4.82. The van der Waals surface area contributed by atoms with Crippen molar-refractivity contribution in [3.05, 3.63) is 22.4 Å². The first kappa shape index (κ1) is 19.5. The van der Waals surface area contributed by atoms with Gasteiger partial charge in [-0.05, 0) is 44.1 Å². The van der Waals surface area contributed by atoms with Crippen LogP contribution >= 0.6 is 11.3 Å². The third-order valence-electron chi connectivity index (χ3n) is 5.18. The summed E-state index contributed by atoms with van der Waals surface area (Å²) in [5, 5.41) is 13.2. The van der Waals surface area contributed by atoms with Crippen molar-refractivity contribution < 1.29 is 14.6 Å². The maximum absolute atomic E-state index is 12.8. The standard InChI is InChI=1S/C20H32O3S/c1-3-4-5-6-7-11-16(2)23-19(21)20(22,17-12-8-9-13-17)18-14-10-15-24-18/h10,14-17,22H,3-9,11-13H2,1-2H3. The van der Waals surface area contributed by atoms with E-state index in [1.165, 1.54) is 37.0 Å². The van der Waals surface area contributed by atoms with Crippen molar-refractivity contribution in [1.29, 1.82) is 0 Å². The normalized spacial score (nSPS) is 19.1. The largest absolute Gasteiger partial charge is 0.460 e. The molecule has 1 saturated carbocycles. The molecule has 1 heterocycles. The van der Waals surface area contributed by atoms with Gasteiger partial charge in [-0.2, -0.15) is 0 Å². The minimum atomic E-state index is -1.46. The van der Waals surface area contributed by atoms with Gasteiger partial charge in [0.1, 0.15) is 0 Å². The lowest BCUT2D eigenvalue weighted by Crippen LogP contribution is -2.44. The molecule has 136 valence electrons. The number of carbonyl (C=O) groups excluding carboxylic acids is 1. The van der Waals surface area contributed by atoms with Crippen LogP contribution in [0.5, 0.6) is 0 Å². The topological polar surface area (TPSA) is 46.5 Å². The number of hydrogen-bond acceptors (Lipinski definition) is 4. The fourth-order valence-electron chi connectivity index (χ4n) is 3.67. The maximum atomic E-state index is 12.8. The second kappa shape index (κ2) is 9.57. The quantitative estimate of drug-likeness (QED) is 0.452. The molecule has 0 bridgehead atoms. The van der Waals surface area contributed by atoms with Gasteiger partial charge in [-0.1, -0.05) is 51.5 Å². The van der Waals surface area contributed by atoms with Crippen LogP contribution in [0, 0.1) is 5.92 Å². The van der Waals surface area contributed by atoms with Crippen LogP contribution in [0.3, 0.4) is 0 Å². The molecular weight excluding hydrogens is 320 g/mol. The molecule has 2 rings (SSSR count). The fraction of sp³-hybridized carbons (Fsp3) is 0.750. The average Bonchev–Trinajstić information content (AvgIpc) is 3.27. The van der Waals surface area contributed by atoms with E-state index >= 15 is 0 Å². The monoisotopic (exact) mass is 352 g/mol. The molecule has 0 saturated heterocycles. The summed E-state index contributed by atoms with van der Waals surface area (Å²) in [6.45, 7) is 4.15. The lowest BCUT2D eigenvalue weighted by atomic mass is 9.84. The van der Waals surface area contributed by atoms with E-state index in [-0.39, 0.29) is 12.0 Å². The van der Waals surface area contributed by atoms with Crippen molar-refractivity contribution in [2.75, 3.05) is 0 Å². The minimum Gasteiger partial charge on any atom is -0.460 e. The van der Waals surface area contributed by atoms with Crippen molar-refractivity contribution in [2.24, 2.45) is 5.92 Å². The van der Waals surface area contributed by atoms with Gasteiger partial charge in [0.15, 0.2) is 5.60 Å². The van der Waals surface area contributed by atoms with Crippen LogP contribution in [0.15, 0.2) is 17.5 Å². The van der Waals surface area contributed by atoms with Crippen molar-refractivity contribution in [3.8, 4) is 0 Å².